The van der Waals surface area contributed by atoms with E-state index in [1.54, 1.807) is 13.0 Å². The van der Waals surface area contributed by atoms with E-state index in [1.165, 1.54) is 11.3 Å². The number of hydrogen-bond donors (Lipinski definition) is 1. The number of carbonyl (C=O) groups excluding carboxylic acids is 2. The molecule has 0 unspecified atom stereocenters. The molecule has 1 N–H and O–H groups in total. The van der Waals surface area contributed by atoms with Crippen molar-refractivity contribution in [2.45, 2.75) is 33.2 Å². The number of rotatable bonds is 6. The summed E-state index contributed by atoms with van der Waals surface area (Å²) in [6.07, 6.45) is 1.10. The molecule has 162 valence electrons. The number of thiophene rings is 1. The Morgan fingerprint density at radius 2 is 1.97 bits per heavy atom. The highest BCUT2D eigenvalue weighted by atomic mass is 32.1. The number of amides is 1. The standard InChI is InChI=1S/C21H34N4O3S/c1-5-28-21(27)17-12-16(3)29-20(17)22-19(26)14-24-7-6-18(15(2)13-24)25-10-8-23(4)9-11-25/h12,15,18H,5-11,13-14H2,1-4H3,(H,22,26)/t15-,18+/m0/s1. The van der Waals surface area contributed by atoms with E-state index in [1.807, 2.05) is 6.92 Å². The van der Waals surface area contributed by atoms with Crippen molar-refractivity contribution < 1.29 is 14.3 Å². The van der Waals surface area contributed by atoms with Crippen LogP contribution >= 0.6 is 11.3 Å². The molecule has 0 aliphatic carbocycles. The van der Waals surface area contributed by atoms with E-state index in [4.69, 9.17) is 4.74 Å². The number of esters is 1. The van der Waals surface area contributed by atoms with Crippen LogP contribution in [0.1, 0.15) is 35.5 Å². The van der Waals surface area contributed by atoms with Gasteiger partial charge in [0.15, 0.2) is 0 Å². The lowest BCUT2D eigenvalue weighted by Crippen LogP contribution is -2.56. The molecule has 0 saturated carbocycles. The lowest BCUT2D eigenvalue weighted by molar-refractivity contribution is -0.118. The van der Waals surface area contributed by atoms with E-state index in [0.717, 1.165) is 50.6 Å². The SMILES string of the molecule is CCOC(=O)c1cc(C)sc1NC(=O)CN1CC[C@@H](N2CCN(C)CC2)[C@@H](C)C1. The molecule has 8 heteroatoms. The van der Waals surface area contributed by atoms with E-state index in [9.17, 15) is 9.59 Å². The van der Waals surface area contributed by atoms with Gasteiger partial charge in [-0.3, -0.25) is 14.6 Å². The van der Waals surface area contributed by atoms with Crippen LogP contribution < -0.4 is 5.32 Å². The molecule has 0 aromatic carbocycles. The minimum absolute atomic E-state index is 0.0670. The lowest BCUT2D eigenvalue weighted by Gasteiger charge is -2.45. The van der Waals surface area contributed by atoms with Gasteiger partial charge in [0.2, 0.25) is 5.91 Å². The first-order chi connectivity index (χ1) is 13.9. The van der Waals surface area contributed by atoms with Gasteiger partial charge in [-0.25, -0.2) is 4.79 Å². The third-order valence-corrected chi connectivity index (χ3v) is 6.89. The van der Waals surface area contributed by atoms with Gasteiger partial charge in [0, 0.05) is 50.2 Å². The Bertz CT molecular complexity index is 715. The molecule has 3 rings (SSSR count). The van der Waals surface area contributed by atoms with Crippen molar-refractivity contribution in [2.75, 3.05) is 64.8 Å². The fraction of sp³-hybridized carbons (Fsp3) is 0.714. The maximum absolute atomic E-state index is 12.6. The number of nitrogens with zero attached hydrogens (tertiary/aromatic N) is 3. The molecule has 2 aliphatic heterocycles. The van der Waals surface area contributed by atoms with Crippen LogP contribution in [-0.2, 0) is 9.53 Å². The average molecular weight is 423 g/mol. The highest BCUT2D eigenvalue weighted by molar-refractivity contribution is 7.16. The number of anilines is 1. The monoisotopic (exact) mass is 422 g/mol. The van der Waals surface area contributed by atoms with E-state index in [2.05, 4.69) is 34.0 Å². The van der Waals surface area contributed by atoms with Gasteiger partial charge in [-0.15, -0.1) is 11.3 Å². The first-order valence-electron chi connectivity index (χ1n) is 10.6. The molecule has 0 radical (unpaired) electrons. The Balaban J connectivity index is 1.51. The molecule has 2 fully saturated rings. The molecule has 0 spiro atoms. The molecular weight excluding hydrogens is 388 g/mol. The number of hydrogen-bond acceptors (Lipinski definition) is 7. The Labute approximate surface area is 178 Å². The number of ether oxygens (including phenoxy) is 1. The molecule has 2 saturated heterocycles. The normalized spacial score (nSPS) is 24.4. The molecule has 3 heterocycles. The Hall–Kier alpha value is -1.48. The summed E-state index contributed by atoms with van der Waals surface area (Å²) in [5, 5.41) is 3.52. The third-order valence-electron chi connectivity index (χ3n) is 5.92. The largest absolute Gasteiger partial charge is 0.462 e. The molecule has 1 aromatic rings. The van der Waals surface area contributed by atoms with Crippen LogP contribution in [0.5, 0.6) is 0 Å². The van der Waals surface area contributed by atoms with Gasteiger partial charge in [0.25, 0.3) is 0 Å². The molecule has 0 bridgehead atoms. The first-order valence-corrected chi connectivity index (χ1v) is 11.4. The average Bonchev–Trinajstić information content (AvgIpc) is 3.03. The van der Waals surface area contributed by atoms with Gasteiger partial charge in [-0.05, 0) is 39.3 Å². The number of piperidine rings is 1. The summed E-state index contributed by atoms with van der Waals surface area (Å²) in [6.45, 7) is 13.1. The number of likely N-dealkylation sites (tertiary alicyclic amines) is 1. The highest BCUT2D eigenvalue weighted by Gasteiger charge is 2.32. The number of likely N-dealkylation sites (N-methyl/N-ethyl adjacent to an activating group) is 1. The van der Waals surface area contributed by atoms with Crippen LogP contribution in [-0.4, -0.2) is 92.1 Å². The summed E-state index contributed by atoms with van der Waals surface area (Å²) in [5.41, 5.74) is 0.449. The minimum atomic E-state index is -0.381. The van der Waals surface area contributed by atoms with Crippen molar-refractivity contribution in [1.29, 1.82) is 0 Å². The van der Waals surface area contributed by atoms with Crippen molar-refractivity contribution in [3.8, 4) is 0 Å². The van der Waals surface area contributed by atoms with Crippen LogP contribution in [0.2, 0.25) is 0 Å². The van der Waals surface area contributed by atoms with E-state index in [-0.39, 0.29) is 11.9 Å². The highest BCUT2D eigenvalue weighted by Crippen LogP contribution is 2.29. The second-order valence-corrected chi connectivity index (χ2v) is 9.53. The molecular formula is C21H34N4O3S. The summed E-state index contributed by atoms with van der Waals surface area (Å²) >= 11 is 1.42. The van der Waals surface area contributed by atoms with Crippen molar-refractivity contribution >= 4 is 28.2 Å². The van der Waals surface area contributed by atoms with Gasteiger partial charge in [0.1, 0.15) is 5.00 Å². The molecule has 2 atom stereocenters. The second kappa shape index (κ2) is 10.0. The summed E-state index contributed by atoms with van der Waals surface area (Å²) < 4.78 is 5.10. The molecule has 1 amide bonds. The van der Waals surface area contributed by atoms with Gasteiger partial charge < -0.3 is 15.0 Å². The predicted octanol–water partition coefficient (Wildman–Crippen LogP) is 2.13. The van der Waals surface area contributed by atoms with Crippen LogP contribution in [0.4, 0.5) is 5.00 Å². The zero-order valence-electron chi connectivity index (χ0n) is 18.1. The third kappa shape index (κ3) is 5.78. The Morgan fingerprint density at radius 1 is 1.24 bits per heavy atom. The van der Waals surface area contributed by atoms with Crippen molar-refractivity contribution in [2.24, 2.45) is 5.92 Å². The molecule has 29 heavy (non-hydrogen) atoms. The van der Waals surface area contributed by atoms with Gasteiger partial charge >= 0.3 is 5.97 Å². The predicted molar refractivity (Wildman–Crippen MR) is 117 cm³/mol. The Morgan fingerprint density at radius 3 is 2.62 bits per heavy atom. The van der Waals surface area contributed by atoms with Crippen LogP contribution in [0, 0.1) is 12.8 Å². The zero-order chi connectivity index (χ0) is 21.0. The quantitative estimate of drug-likeness (QED) is 0.709. The molecule has 2 aliphatic rings. The number of aryl methyl sites for hydroxylation is 1. The number of nitrogens with one attached hydrogen (secondary N) is 1. The fourth-order valence-corrected chi connectivity index (χ4v) is 5.31. The number of piperazine rings is 1. The van der Waals surface area contributed by atoms with E-state index in [0.29, 0.717) is 35.7 Å². The Kier molecular flexibility index (Phi) is 7.67. The first kappa shape index (κ1) is 22.2. The van der Waals surface area contributed by atoms with Crippen LogP contribution in [0.25, 0.3) is 0 Å². The zero-order valence-corrected chi connectivity index (χ0v) is 18.9. The summed E-state index contributed by atoms with van der Waals surface area (Å²) in [6, 6.07) is 2.39. The van der Waals surface area contributed by atoms with Crippen molar-refractivity contribution in [1.82, 2.24) is 14.7 Å². The summed E-state index contributed by atoms with van der Waals surface area (Å²) in [5.74, 6) is 0.0930. The lowest BCUT2D eigenvalue weighted by atomic mass is 9.92. The van der Waals surface area contributed by atoms with Crippen LogP contribution in [0.3, 0.4) is 0 Å². The maximum atomic E-state index is 12.6. The molecule has 7 nitrogen and oxygen atoms in total. The summed E-state index contributed by atoms with van der Waals surface area (Å²) in [7, 11) is 2.18. The van der Waals surface area contributed by atoms with Crippen molar-refractivity contribution in [3.63, 3.8) is 0 Å². The van der Waals surface area contributed by atoms with E-state index >= 15 is 0 Å². The second-order valence-electron chi connectivity index (χ2n) is 8.28. The maximum Gasteiger partial charge on any atom is 0.341 e. The smallest absolute Gasteiger partial charge is 0.341 e. The van der Waals surface area contributed by atoms with Crippen LogP contribution in [0.15, 0.2) is 6.07 Å². The number of carbonyl (C=O) groups is 2. The topological polar surface area (TPSA) is 65.1 Å². The molecule has 1 aromatic heterocycles. The van der Waals surface area contributed by atoms with Gasteiger partial charge in [-0.1, -0.05) is 6.92 Å². The van der Waals surface area contributed by atoms with Gasteiger partial charge in [0.05, 0.1) is 18.7 Å². The fourth-order valence-electron chi connectivity index (χ4n) is 4.40. The summed E-state index contributed by atoms with van der Waals surface area (Å²) in [4.78, 5) is 33.0. The van der Waals surface area contributed by atoms with E-state index < -0.39 is 0 Å². The minimum Gasteiger partial charge on any atom is -0.462 e. The van der Waals surface area contributed by atoms with Gasteiger partial charge in [-0.2, -0.15) is 0 Å². The van der Waals surface area contributed by atoms with Crippen molar-refractivity contribution in [3.05, 3.63) is 16.5 Å².